The Balaban J connectivity index is 1.91. The second-order valence-electron chi connectivity index (χ2n) is 5.52. The van der Waals surface area contributed by atoms with Gasteiger partial charge in [0.2, 0.25) is 5.91 Å². The van der Waals surface area contributed by atoms with Crippen molar-refractivity contribution in [2.24, 2.45) is 0 Å². The summed E-state index contributed by atoms with van der Waals surface area (Å²) in [5, 5.41) is 2.30. The van der Waals surface area contributed by atoms with Crippen molar-refractivity contribution in [3.63, 3.8) is 0 Å². The van der Waals surface area contributed by atoms with Gasteiger partial charge in [-0.2, -0.15) is 31.1 Å². The number of halogens is 6. The Hall–Kier alpha value is -3.05. The van der Waals surface area contributed by atoms with Gasteiger partial charge in [0.1, 0.15) is 6.33 Å². The van der Waals surface area contributed by atoms with Crippen molar-refractivity contribution >= 4 is 11.9 Å². The van der Waals surface area contributed by atoms with Crippen LogP contribution in [0.15, 0.2) is 36.8 Å². The van der Waals surface area contributed by atoms with Gasteiger partial charge < -0.3 is 10.2 Å². The van der Waals surface area contributed by atoms with Crippen molar-refractivity contribution in [3.05, 3.63) is 53.6 Å². The lowest BCUT2D eigenvalue weighted by Crippen LogP contribution is -2.33. The third-order valence-electron chi connectivity index (χ3n) is 3.50. The number of nitrogens with zero attached hydrogens (tertiary/aromatic N) is 2. The molecule has 2 rings (SSSR count). The van der Waals surface area contributed by atoms with Crippen molar-refractivity contribution in [2.75, 3.05) is 0 Å². The van der Waals surface area contributed by atoms with Crippen LogP contribution < -0.4 is 10.2 Å². The molecule has 0 spiro atoms. The van der Waals surface area contributed by atoms with E-state index in [2.05, 4.69) is 15.1 Å². The maximum Gasteiger partial charge on any atom is 0.493 e. The highest BCUT2D eigenvalue weighted by molar-refractivity contribution is 5.76. The first-order chi connectivity index (χ1) is 13.0. The molecule has 1 aromatic carbocycles. The summed E-state index contributed by atoms with van der Waals surface area (Å²) in [7, 11) is 0. The third kappa shape index (κ3) is 5.72. The maximum atomic E-state index is 12.9. The first-order valence-corrected chi connectivity index (χ1v) is 7.71. The smallest absolute Gasteiger partial charge is 0.352 e. The average Bonchev–Trinajstić information content (AvgIpc) is 3.04. The highest BCUT2D eigenvalue weighted by Crippen LogP contribution is 2.31. The molecule has 0 fully saturated rings. The van der Waals surface area contributed by atoms with E-state index in [1.165, 1.54) is 18.2 Å². The van der Waals surface area contributed by atoms with Crippen molar-refractivity contribution < 1.29 is 40.8 Å². The molecule has 1 heterocycles. The molecule has 6 nitrogen and oxygen atoms in total. The van der Waals surface area contributed by atoms with Gasteiger partial charge in [-0.15, -0.1) is 0 Å². The molecule has 1 amide bonds. The summed E-state index contributed by atoms with van der Waals surface area (Å²) < 4.78 is 75.8. The molecular formula is C16H13F6N3O3. The van der Waals surface area contributed by atoms with Crippen LogP contribution in [0, 0.1) is 0 Å². The van der Waals surface area contributed by atoms with Gasteiger partial charge in [-0.3, -0.25) is 4.79 Å². The zero-order chi connectivity index (χ0) is 20.9. The molecule has 2 aromatic rings. The van der Waals surface area contributed by atoms with Gasteiger partial charge in [-0.1, -0.05) is 18.2 Å². The van der Waals surface area contributed by atoms with Crippen molar-refractivity contribution in [3.8, 4) is 0 Å². The van der Waals surface area contributed by atoms with Crippen LogP contribution in [-0.4, -0.2) is 27.8 Å². The molecule has 0 aliphatic rings. The molecule has 0 aliphatic heterocycles. The van der Waals surface area contributed by atoms with E-state index in [4.69, 9.17) is 0 Å². The molecule has 0 saturated carbocycles. The van der Waals surface area contributed by atoms with Crippen molar-refractivity contribution in [1.82, 2.24) is 15.0 Å². The summed E-state index contributed by atoms with van der Waals surface area (Å²) in [6, 6.07) is 4.71. The SMILES string of the molecule is O=C(CCc1cncn1OC(=O)C(F)(F)F)NCc1ccccc1C(F)(F)F. The molecule has 0 bridgehead atoms. The fourth-order valence-corrected chi connectivity index (χ4v) is 2.18. The van der Waals surface area contributed by atoms with Crippen LogP contribution >= 0.6 is 0 Å². The van der Waals surface area contributed by atoms with Gasteiger partial charge in [0, 0.05) is 19.4 Å². The number of carbonyl (C=O) groups is 2. The molecule has 28 heavy (non-hydrogen) atoms. The maximum absolute atomic E-state index is 12.9. The first-order valence-electron chi connectivity index (χ1n) is 7.71. The summed E-state index contributed by atoms with van der Waals surface area (Å²) in [6.07, 6.45) is -8.30. The number of aromatic nitrogens is 2. The van der Waals surface area contributed by atoms with Crippen LogP contribution in [0.5, 0.6) is 0 Å². The predicted molar refractivity (Wildman–Crippen MR) is 81.5 cm³/mol. The normalized spacial score (nSPS) is 11.9. The standard InChI is InChI=1S/C16H13F6N3O3/c17-15(18,19)12-4-2-1-3-10(12)7-24-13(26)6-5-11-8-23-9-25(11)28-14(27)16(20,21)22/h1-4,8-9H,5-7H2,(H,24,26). The Morgan fingerprint density at radius 3 is 2.43 bits per heavy atom. The number of carbonyl (C=O) groups excluding carboxylic acids is 2. The van der Waals surface area contributed by atoms with Crippen LogP contribution in [0.25, 0.3) is 0 Å². The van der Waals surface area contributed by atoms with Gasteiger partial charge in [0.15, 0.2) is 0 Å². The second kappa shape index (κ2) is 8.31. The van der Waals surface area contributed by atoms with Gasteiger partial charge >= 0.3 is 18.3 Å². The van der Waals surface area contributed by atoms with Crippen LogP contribution in [-0.2, 0) is 28.7 Å². The molecule has 1 N–H and O–H groups in total. The number of alkyl halides is 6. The van der Waals surface area contributed by atoms with Crippen LogP contribution in [0.2, 0.25) is 0 Å². The number of hydrogen-bond donors (Lipinski definition) is 1. The predicted octanol–water partition coefficient (Wildman–Crippen LogP) is 2.67. The number of rotatable bonds is 6. The number of aryl methyl sites for hydroxylation is 1. The lowest BCUT2D eigenvalue weighted by atomic mass is 10.1. The van der Waals surface area contributed by atoms with Gasteiger partial charge in [-0.05, 0) is 11.6 Å². The second-order valence-corrected chi connectivity index (χ2v) is 5.52. The number of amides is 1. The van der Waals surface area contributed by atoms with Crippen LogP contribution in [0.4, 0.5) is 26.3 Å². The largest absolute Gasteiger partial charge is 0.493 e. The summed E-state index contributed by atoms with van der Waals surface area (Å²) in [6.45, 7) is -0.378. The summed E-state index contributed by atoms with van der Waals surface area (Å²) in [4.78, 5) is 30.3. The summed E-state index contributed by atoms with van der Waals surface area (Å²) in [5.74, 6) is -3.10. The highest BCUT2D eigenvalue weighted by atomic mass is 19.4. The van der Waals surface area contributed by atoms with E-state index >= 15 is 0 Å². The Morgan fingerprint density at radius 2 is 1.79 bits per heavy atom. The molecule has 0 unspecified atom stereocenters. The topological polar surface area (TPSA) is 73.2 Å². The molecule has 0 atom stereocenters. The number of hydrogen-bond acceptors (Lipinski definition) is 4. The lowest BCUT2D eigenvalue weighted by Gasteiger charge is -2.13. The summed E-state index contributed by atoms with van der Waals surface area (Å²) in [5.41, 5.74) is -1.01. The molecule has 152 valence electrons. The molecule has 1 aromatic heterocycles. The Bertz CT molecular complexity index is 845. The van der Waals surface area contributed by atoms with E-state index in [1.807, 2.05) is 0 Å². The van der Waals surface area contributed by atoms with E-state index in [9.17, 15) is 35.9 Å². The average molecular weight is 409 g/mol. The molecule has 0 aliphatic carbocycles. The lowest BCUT2D eigenvalue weighted by molar-refractivity contribution is -0.200. The number of nitrogens with one attached hydrogen (secondary N) is 1. The quantitative estimate of drug-likeness (QED) is 0.745. The van der Waals surface area contributed by atoms with E-state index in [0.29, 0.717) is 4.73 Å². The van der Waals surface area contributed by atoms with Crippen molar-refractivity contribution in [1.29, 1.82) is 0 Å². The molecular weight excluding hydrogens is 396 g/mol. The van der Waals surface area contributed by atoms with E-state index in [-0.39, 0.29) is 30.6 Å². The Labute approximate surface area is 154 Å². The highest BCUT2D eigenvalue weighted by Gasteiger charge is 2.42. The van der Waals surface area contributed by atoms with Gasteiger partial charge in [0.25, 0.3) is 0 Å². The molecule has 0 radical (unpaired) electrons. The molecule has 0 saturated heterocycles. The summed E-state index contributed by atoms with van der Waals surface area (Å²) >= 11 is 0. The first kappa shape index (κ1) is 21.3. The zero-order valence-electron chi connectivity index (χ0n) is 14.0. The fraction of sp³-hybridized carbons (Fsp3) is 0.312. The minimum absolute atomic E-state index is 0.00319. The fourth-order valence-electron chi connectivity index (χ4n) is 2.18. The number of imidazole rings is 1. The van der Waals surface area contributed by atoms with Crippen LogP contribution in [0.3, 0.4) is 0 Å². The third-order valence-corrected chi connectivity index (χ3v) is 3.50. The molecule has 12 heteroatoms. The zero-order valence-corrected chi connectivity index (χ0v) is 14.0. The van der Waals surface area contributed by atoms with E-state index < -0.39 is 29.8 Å². The monoisotopic (exact) mass is 409 g/mol. The van der Waals surface area contributed by atoms with Gasteiger partial charge in [-0.25, -0.2) is 9.78 Å². The minimum Gasteiger partial charge on any atom is -0.352 e. The van der Waals surface area contributed by atoms with Crippen LogP contribution in [0.1, 0.15) is 23.2 Å². The Kier molecular flexibility index (Phi) is 6.31. The van der Waals surface area contributed by atoms with E-state index in [0.717, 1.165) is 18.6 Å². The number of benzene rings is 1. The Morgan fingerprint density at radius 1 is 1.11 bits per heavy atom. The van der Waals surface area contributed by atoms with Gasteiger partial charge in [0.05, 0.1) is 17.5 Å². The van der Waals surface area contributed by atoms with E-state index in [1.54, 1.807) is 0 Å². The van der Waals surface area contributed by atoms with Crippen molar-refractivity contribution in [2.45, 2.75) is 31.7 Å². The minimum atomic E-state index is -5.20.